The number of rotatable bonds is 9. The van der Waals surface area contributed by atoms with Crippen molar-refractivity contribution in [1.82, 2.24) is 24.3 Å². The lowest BCUT2D eigenvalue weighted by molar-refractivity contribution is -0.384. The monoisotopic (exact) mass is 438 g/mol. The number of benzene rings is 1. The predicted molar refractivity (Wildman–Crippen MR) is 116 cm³/mol. The molecule has 3 heterocycles. The van der Waals surface area contributed by atoms with E-state index in [4.69, 9.17) is 4.42 Å². The van der Waals surface area contributed by atoms with Gasteiger partial charge in [-0.15, -0.1) is 16.8 Å². The molecule has 0 atom stereocenters. The van der Waals surface area contributed by atoms with E-state index in [0.29, 0.717) is 36.4 Å². The van der Waals surface area contributed by atoms with Crippen LogP contribution in [0.25, 0.3) is 22.5 Å². The van der Waals surface area contributed by atoms with Crippen LogP contribution in [0.15, 0.2) is 69.7 Å². The minimum absolute atomic E-state index is 0.0856. The van der Waals surface area contributed by atoms with Gasteiger partial charge in [-0.2, -0.15) is 0 Å². The molecule has 0 aliphatic heterocycles. The maximum Gasteiger partial charge on any atom is 0.419 e. The number of nitro groups is 1. The second kappa shape index (κ2) is 8.96. The van der Waals surface area contributed by atoms with Gasteiger partial charge in [0.05, 0.1) is 10.4 Å². The SMILES string of the molecule is C=CCn1c(SCCCn2c(=O)oc3ccc([N+](=O)[O-])cc32)nnc1-c1ccncc1. The highest BCUT2D eigenvalue weighted by Crippen LogP contribution is 2.25. The first kappa shape index (κ1) is 20.5. The van der Waals surface area contributed by atoms with E-state index in [0.717, 1.165) is 16.5 Å². The Hall–Kier alpha value is -3.73. The lowest BCUT2D eigenvalue weighted by atomic mass is 10.2. The molecule has 1 aromatic carbocycles. The predicted octanol–water partition coefficient (Wildman–Crippen LogP) is 3.52. The third-order valence-electron chi connectivity index (χ3n) is 4.59. The Bertz CT molecular complexity index is 1290. The highest BCUT2D eigenvalue weighted by Gasteiger charge is 2.16. The first-order chi connectivity index (χ1) is 15.1. The van der Waals surface area contributed by atoms with Gasteiger partial charge in [0.1, 0.15) is 0 Å². The van der Waals surface area contributed by atoms with E-state index in [1.807, 2.05) is 16.7 Å². The number of thioether (sulfide) groups is 1. The third-order valence-corrected chi connectivity index (χ3v) is 5.64. The summed E-state index contributed by atoms with van der Waals surface area (Å²) >= 11 is 1.52. The second-order valence-electron chi connectivity index (χ2n) is 6.57. The van der Waals surface area contributed by atoms with Crippen LogP contribution in [-0.4, -0.2) is 35.0 Å². The molecular weight excluding hydrogens is 420 g/mol. The van der Waals surface area contributed by atoms with Gasteiger partial charge in [-0.05, 0) is 24.6 Å². The Morgan fingerprint density at radius 3 is 2.74 bits per heavy atom. The normalized spacial score (nSPS) is 11.1. The third kappa shape index (κ3) is 4.26. The average Bonchev–Trinajstić information content (AvgIpc) is 3.31. The van der Waals surface area contributed by atoms with Crippen LogP contribution in [0.5, 0.6) is 0 Å². The van der Waals surface area contributed by atoms with E-state index < -0.39 is 10.7 Å². The second-order valence-corrected chi connectivity index (χ2v) is 7.63. The van der Waals surface area contributed by atoms with Crippen LogP contribution in [-0.2, 0) is 13.1 Å². The summed E-state index contributed by atoms with van der Waals surface area (Å²) in [5, 5.41) is 20.4. The van der Waals surface area contributed by atoms with Crippen LogP contribution in [0.2, 0.25) is 0 Å². The number of hydrogen-bond acceptors (Lipinski definition) is 8. The van der Waals surface area contributed by atoms with E-state index >= 15 is 0 Å². The molecule has 0 saturated carbocycles. The molecule has 0 saturated heterocycles. The molecule has 0 bridgehead atoms. The first-order valence-corrected chi connectivity index (χ1v) is 10.4. The number of aryl methyl sites for hydroxylation is 1. The smallest absolute Gasteiger partial charge is 0.408 e. The van der Waals surface area contributed by atoms with Crippen molar-refractivity contribution in [2.75, 3.05) is 5.75 Å². The summed E-state index contributed by atoms with van der Waals surface area (Å²) in [6, 6.07) is 7.85. The van der Waals surface area contributed by atoms with E-state index in [-0.39, 0.29) is 5.69 Å². The molecule has 0 aliphatic carbocycles. The Balaban J connectivity index is 1.47. The molecule has 0 radical (unpaired) electrons. The Morgan fingerprint density at radius 2 is 2.00 bits per heavy atom. The molecular formula is C20H18N6O4S. The zero-order valence-electron chi connectivity index (χ0n) is 16.4. The van der Waals surface area contributed by atoms with Crippen molar-refractivity contribution in [3.05, 3.63) is 76.0 Å². The number of nitro benzene ring substituents is 1. The van der Waals surface area contributed by atoms with Crippen molar-refractivity contribution in [1.29, 1.82) is 0 Å². The number of allylic oxidation sites excluding steroid dienone is 1. The van der Waals surface area contributed by atoms with E-state index in [9.17, 15) is 14.9 Å². The van der Waals surface area contributed by atoms with Crippen LogP contribution >= 0.6 is 11.8 Å². The molecule has 0 fully saturated rings. The number of hydrogen-bond donors (Lipinski definition) is 0. The molecule has 0 N–H and O–H groups in total. The Labute approximate surface area is 180 Å². The van der Waals surface area contributed by atoms with E-state index in [1.165, 1.54) is 34.5 Å². The minimum atomic E-state index is -0.532. The van der Waals surface area contributed by atoms with Crippen LogP contribution in [0.3, 0.4) is 0 Å². The number of oxazole rings is 1. The summed E-state index contributed by atoms with van der Waals surface area (Å²) in [6.07, 6.45) is 5.81. The number of pyridine rings is 1. The first-order valence-electron chi connectivity index (χ1n) is 9.43. The zero-order chi connectivity index (χ0) is 21.8. The summed E-state index contributed by atoms with van der Waals surface area (Å²) < 4.78 is 8.57. The molecule has 4 rings (SSSR count). The van der Waals surface area contributed by atoms with Crippen molar-refractivity contribution >= 4 is 28.5 Å². The molecule has 0 spiro atoms. The molecule has 0 aliphatic rings. The molecule has 31 heavy (non-hydrogen) atoms. The van der Waals surface area contributed by atoms with Crippen LogP contribution in [0.1, 0.15) is 6.42 Å². The minimum Gasteiger partial charge on any atom is -0.408 e. The number of non-ortho nitro benzene ring substituents is 1. The number of fused-ring (bicyclic) bond motifs is 1. The Morgan fingerprint density at radius 1 is 1.19 bits per heavy atom. The molecule has 11 heteroatoms. The van der Waals surface area contributed by atoms with E-state index in [1.54, 1.807) is 18.5 Å². The lowest BCUT2D eigenvalue weighted by Crippen LogP contribution is -2.14. The van der Waals surface area contributed by atoms with Gasteiger partial charge < -0.3 is 4.42 Å². The van der Waals surface area contributed by atoms with Crippen LogP contribution in [0.4, 0.5) is 5.69 Å². The van der Waals surface area contributed by atoms with E-state index in [2.05, 4.69) is 21.8 Å². The molecule has 10 nitrogen and oxygen atoms in total. The number of aromatic nitrogens is 5. The van der Waals surface area contributed by atoms with Crippen molar-refractivity contribution in [2.24, 2.45) is 0 Å². The van der Waals surface area contributed by atoms with Gasteiger partial charge in [0, 0.05) is 48.9 Å². The maximum absolute atomic E-state index is 12.2. The zero-order valence-corrected chi connectivity index (χ0v) is 17.2. The maximum atomic E-state index is 12.2. The Kier molecular flexibility index (Phi) is 5.94. The van der Waals surface area contributed by atoms with Crippen LogP contribution in [0, 0.1) is 10.1 Å². The highest BCUT2D eigenvalue weighted by atomic mass is 32.2. The van der Waals surface area contributed by atoms with Gasteiger partial charge in [-0.1, -0.05) is 17.8 Å². The van der Waals surface area contributed by atoms with Crippen molar-refractivity contribution in [3.8, 4) is 11.4 Å². The number of nitrogens with zero attached hydrogens (tertiary/aromatic N) is 6. The summed E-state index contributed by atoms with van der Waals surface area (Å²) in [4.78, 5) is 26.7. The molecule has 0 unspecified atom stereocenters. The quantitative estimate of drug-likeness (QED) is 0.128. The van der Waals surface area contributed by atoms with Crippen molar-refractivity contribution in [3.63, 3.8) is 0 Å². The van der Waals surface area contributed by atoms with Gasteiger partial charge >= 0.3 is 5.76 Å². The standard InChI is InChI=1S/C20H18N6O4S/c1-2-10-25-18(14-6-8-21-9-7-14)22-23-19(25)31-12-3-11-24-16-13-15(26(28)29)4-5-17(16)30-20(24)27/h2,4-9,13H,1,3,10-12H2. The molecule has 0 amide bonds. The summed E-state index contributed by atoms with van der Waals surface area (Å²) in [5.74, 6) is 0.865. The van der Waals surface area contributed by atoms with Crippen molar-refractivity contribution in [2.45, 2.75) is 24.7 Å². The summed E-state index contributed by atoms with van der Waals surface area (Å²) in [7, 11) is 0. The van der Waals surface area contributed by atoms with Crippen molar-refractivity contribution < 1.29 is 9.34 Å². The molecule has 3 aromatic heterocycles. The highest BCUT2D eigenvalue weighted by molar-refractivity contribution is 7.99. The fraction of sp³-hybridized carbons (Fsp3) is 0.200. The van der Waals surface area contributed by atoms with Gasteiger partial charge in [-0.3, -0.25) is 24.2 Å². The summed E-state index contributed by atoms with van der Waals surface area (Å²) in [6.45, 7) is 4.73. The average molecular weight is 438 g/mol. The van der Waals surface area contributed by atoms with Gasteiger partial charge in [0.2, 0.25) is 0 Å². The summed E-state index contributed by atoms with van der Waals surface area (Å²) in [5.41, 5.74) is 1.57. The fourth-order valence-corrected chi connectivity index (χ4v) is 4.04. The van der Waals surface area contributed by atoms with Crippen LogP contribution < -0.4 is 5.76 Å². The molecule has 4 aromatic rings. The molecule has 158 valence electrons. The lowest BCUT2D eigenvalue weighted by Gasteiger charge is -2.07. The largest absolute Gasteiger partial charge is 0.419 e. The fourth-order valence-electron chi connectivity index (χ4n) is 3.17. The van der Waals surface area contributed by atoms with Gasteiger partial charge in [0.25, 0.3) is 5.69 Å². The van der Waals surface area contributed by atoms with Gasteiger partial charge in [0.15, 0.2) is 16.6 Å². The topological polar surface area (TPSA) is 122 Å². The van der Waals surface area contributed by atoms with Gasteiger partial charge in [-0.25, -0.2) is 4.79 Å².